The van der Waals surface area contributed by atoms with Crippen LogP contribution in [0.2, 0.25) is 0 Å². The lowest BCUT2D eigenvalue weighted by molar-refractivity contribution is -0.152. The maximum Gasteiger partial charge on any atom is 0.316 e. The van der Waals surface area contributed by atoms with E-state index >= 15 is 0 Å². The zero-order valence-corrected chi connectivity index (χ0v) is 13.9. The van der Waals surface area contributed by atoms with Gasteiger partial charge in [-0.1, -0.05) is 42.5 Å². The lowest BCUT2D eigenvalue weighted by atomic mass is 9.78. The summed E-state index contributed by atoms with van der Waals surface area (Å²) in [5, 5.41) is 0. The van der Waals surface area contributed by atoms with Crippen molar-refractivity contribution >= 4 is 21.9 Å². The molecule has 0 bridgehead atoms. The highest BCUT2D eigenvalue weighted by atomic mass is 79.9. The molecule has 114 valence electrons. The van der Waals surface area contributed by atoms with Crippen LogP contribution in [0.4, 0.5) is 0 Å². The molecular weight excluding hydrogens is 344 g/mol. The molecule has 2 aromatic rings. The van der Waals surface area contributed by atoms with Crippen LogP contribution in [-0.2, 0) is 21.6 Å². The summed E-state index contributed by atoms with van der Waals surface area (Å²) in [5.74, 6) is 0.534. The fourth-order valence-electron chi connectivity index (χ4n) is 2.68. The van der Waals surface area contributed by atoms with Gasteiger partial charge < -0.3 is 9.47 Å². The van der Waals surface area contributed by atoms with Crippen LogP contribution >= 0.6 is 15.9 Å². The molecule has 22 heavy (non-hydrogen) atoms. The molecule has 1 aliphatic heterocycles. The van der Waals surface area contributed by atoms with Gasteiger partial charge in [0, 0.05) is 12.0 Å². The average Bonchev–Trinajstić information content (AvgIpc) is 2.55. The summed E-state index contributed by atoms with van der Waals surface area (Å²) in [6, 6.07) is 15.5. The molecule has 0 fully saturated rings. The van der Waals surface area contributed by atoms with Gasteiger partial charge in [-0.15, -0.1) is 0 Å². The van der Waals surface area contributed by atoms with Crippen molar-refractivity contribution < 1.29 is 14.3 Å². The van der Waals surface area contributed by atoms with Crippen LogP contribution in [0.25, 0.3) is 0 Å². The minimum absolute atomic E-state index is 0.209. The van der Waals surface area contributed by atoms with E-state index in [-0.39, 0.29) is 5.97 Å². The van der Waals surface area contributed by atoms with Crippen LogP contribution in [0.1, 0.15) is 24.5 Å². The number of esters is 1. The fraction of sp³-hybridized carbons (Fsp3) is 0.278. The molecule has 2 aromatic carbocycles. The monoisotopic (exact) mass is 360 g/mol. The highest BCUT2D eigenvalue weighted by molar-refractivity contribution is 9.10. The van der Waals surface area contributed by atoms with Gasteiger partial charge in [-0.3, -0.25) is 4.79 Å². The molecule has 1 atom stereocenters. The summed E-state index contributed by atoms with van der Waals surface area (Å²) in [7, 11) is 0. The maximum atomic E-state index is 12.7. The summed E-state index contributed by atoms with van der Waals surface area (Å²) >= 11 is 3.48. The number of hydrogen-bond donors (Lipinski definition) is 0. The second-order valence-corrected chi connectivity index (χ2v) is 6.46. The number of fused-ring (bicyclic) bond motifs is 1. The summed E-state index contributed by atoms with van der Waals surface area (Å²) in [6.07, 6.45) is 0.615. The van der Waals surface area contributed by atoms with Crippen LogP contribution in [0, 0.1) is 0 Å². The van der Waals surface area contributed by atoms with E-state index in [2.05, 4.69) is 15.9 Å². The molecule has 0 saturated carbocycles. The van der Waals surface area contributed by atoms with E-state index in [0.717, 1.165) is 21.3 Å². The zero-order chi connectivity index (χ0) is 15.6. The number of rotatable bonds is 3. The van der Waals surface area contributed by atoms with Gasteiger partial charge in [-0.05, 0) is 34.5 Å². The van der Waals surface area contributed by atoms with Crippen LogP contribution in [0.5, 0.6) is 5.75 Å². The summed E-state index contributed by atoms with van der Waals surface area (Å²) in [5.41, 5.74) is 1.19. The van der Waals surface area contributed by atoms with Crippen LogP contribution < -0.4 is 4.74 Å². The van der Waals surface area contributed by atoms with Crippen molar-refractivity contribution in [2.75, 3.05) is 6.61 Å². The summed E-state index contributed by atoms with van der Waals surface area (Å²) in [4.78, 5) is 12.7. The molecular formula is C18H17BrO3. The van der Waals surface area contributed by atoms with Crippen LogP contribution in [0.15, 0.2) is 53.0 Å². The number of carbonyl (C=O) groups excluding carboxylic acids is 1. The molecule has 0 aromatic heterocycles. The van der Waals surface area contributed by atoms with E-state index in [1.54, 1.807) is 0 Å². The number of hydrogen-bond acceptors (Lipinski definition) is 3. The molecule has 0 radical (unpaired) electrons. The molecule has 0 amide bonds. The predicted molar refractivity (Wildman–Crippen MR) is 87.8 cm³/mol. The molecule has 1 aliphatic rings. The largest absolute Gasteiger partial charge is 0.492 e. The quantitative estimate of drug-likeness (QED) is 0.768. The third-order valence-electron chi connectivity index (χ3n) is 4.07. The SMILES string of the molecule is CC1(C(=O)OCc2ccccc2)CCOc2c(Br)cccc21. The highest BCUT2D eigenvalue weighted by Gasteiger charge is 2.42. The topological polar surface area (TPSA) is 35.5 Å². The van der Waals surface area contributed by atoms with Gasteiger partial charge in [0.05, 0.1) is 16.5 Å². The van der Waals surface area contributed by atoms with Gasteiger partial charge in [0.1, 0.15) is 12.4 Å². The Balaban J connectivity index is 1.82. The predicted octanol–water partition coefficient (Wildman–Crippen LogP) is 4.23. The van der Waals surface area contributed by atoms with Crippen molar-refractivity contribution in [1.82, 2.24) is 0 Å². The van der Waals surface area contributed by atoms with Crippen LogP contribution in [-0.4, -0.2) is 12.6 Å². The third-order valence-corrected chi connectivity index (χ3v) is 4.70. The lowest BCUT2D eigenvalue weighted by Crippen LogP contribution is -2.39. The number of carbonyl (C=O) groups is 1. The average molecular weight is 361 g/mol. The summed E-state index contributed by atoms with van der Waals surface area (Å²) < 4.78 is 12.1. The fourth-order valence-corrected chi connectivity index (χ4v) is 3.16. The highest BCUT2D eigenvalue weighted by Crippen LogP contribution is 2.43. The Bertz CT molecular complexity index is 684. The van der Waals surface area contributed by atoms with E-state index in [9.17, 15) is 4.79 Å². The first kappa shape index (κ1) is 15.1. The first-order valence-corrected chi connectivity index (χ1v) is 8.03. The second-order valence-electron chi connectivity index (χ2n) is 5.61. The molecule has 0 saturated heterocycles. The molecule has 0 spiro atoms. The van der Waals surface area contributed by atoms with E-state index in [0.29, 0.717) is 19.6 Å². The van der Waals surface area contributed by atoms with Gasteiger partial charge in [-0.25, -0.2) is 0 Å². The van der Waals surface area contributed by atoms with Crippen molar-refractivity contribution in [3.8, 4) is 5.75 Å². The Labute approximate surface area is 138 Å². The van der Waals surface area contributed by atoms with Gasteiger partial charge in [0.2, 0.25) is 0 Å². The van der Waals surface area contributed by atoms with Crippen molar-refractivity contribution in [2.24, 2.45) is 0 Å². The molecule has 3 rings (SSSR count). The second kappa shape index (κ2) is 6.13. The minimum Gasteiger partial charge on any atom is -0.492 e. The molecule has 0 aliphatic carbocycles. The molecule has 1 heterocycles. The Morgan fingerprint density at radius 2 is 2.00 bits per heavy atom. The molecule has 3 nitrogen and oxygen atoms in total. The van der Waals surface area contributed by atoms with Crippen molar-refractivity contribution in [2.45, 2.75) is 25.4 Å². The normalized spacial score (nSPS) is 19.9. The Hall–Kier alpha value is -1.81. The number of halogens is 1. The van der Waals surface area contributed by atoms with E-state index in [4.69, 9.17) is 9.47 Å². The zero-order valence-electron chi connectivity index (χ0n) is 12.3. The maximum absolute atomic E-state index is 12.7. The van der Waals surface area contributed by atoms with Crippen molar-refractivity contribution in [1.29, 1.82) is 0 Å². The molecule has 4 heteroatoms. The van der Waals surface area contributed by atoms with E-state index in [1.165, 1.54) is 0 Å². The van der Waals surface area contributed by atoms with Gasteiger partial charge in [0.25, 0.3) is 0 Å². The lowest BCUT2D eigenvalue weighted by Gasteiger charge is -2.34. The Morgan fingerprint density at radius 3 is 2.77 bits per heavy atom. The Morgan fingerprint density at radius 1 is 1.23 bits per heavy atom. The Kier molecular flexibility index (Phi) is 4.21. The van der Waals surface area contributed by atoms with E-state index < -0.39 is 5.41 Å². The molecule has 1 unspecified atom stereocenters. The first-order valence-electron chi connectivity index (χ1n) is 7.24. The number of para-hydroxylation sites is 1. The van der Waals surface area contributed by atoms with Gasteiger partial charge >= 0.3 is 5.97 Å². The number of ether oxygens (including phenoxy) is 2. The van der Waals surface area contributed by atoms with Gasteiger partial charge in [-0.2, -0.15) is 0 Å². The molecule has 0 N–H and O–H groups in total. The first-order chi connectivity index (χ1) is 10.6. The minimum atomic E-state index is -0.674. The smallest absolute Gasteiger partial charge is 0.316 e. The van der Waals surface area contributed by atoms with E-state index in [1.807, 2.05) is 55.5 Å². The third kappa shape index (κ3) is 2.75. The number of benzene rings is 2. The van der Waals surface area contributed by atoms with Crippen molar-refractivity contribution in [3.05, 3.63) is 64.1 Å². The van der Waals surface area contributed by atoms with Crippen LogP contribution in [0.3, 0.4) is 0 Å². The standard InChI is InChI=1S/C18H17BrO3/c1-18(17(20)22-12-13-6-3-2-4-7-13)10-11-21-16-14(18)8-5-9-15(16)19/h2-9H,10-12H2,1H3. The van der Waals surface area contributed by atoms with Crippen molar-refractivity contribution in [3.63, 3.8) is 0 Å². The summed E-state index contributed by atoms with van der Waals surface area (Å²) in [6.45, 7) is 2.72. The van der Waals surface area contributed by atoms with Gasteiger partial charge in [0.15, 0.2) is 0 Å².